The third-order valence-corrected chi connectivity index (χ3v) is 4.82. The summed E-state index contributed by atoms with van der Waals surface area (Å²) in [5.41, 5.74) is 1.49. The second kappa shape index (κ2) is 8.06. The Balaban J connectivity index is 1.43. The fraction of sp³-hybridized carbons (Fsp3) is 0.263. The van der Waals surface area contributed by atoms with Crippen LogP contribution in [0.5, 0.6) is 0 Å². The maximum absolute atomic E-state index is 13.1. The van der Waals surface area contributed by atoms with Crippen LogP contribution in [0.15, 0.2) is 42.5 Å². The van der Waals surface area contributed by atoms with Gasteiger partial charge in [0.05, 0.1) is 16.9 Å². The molecule has 1 aliphatic rings. The number of benzene rings is 2. The van der Waals surface area contributed by atoms with Crippen molar-refractivity contribution in [1.29, 1.82) is 0 Å². The van der Waals surface area contributed by atoms with Gasteiger partial charge in [-0.3, -0.25) is 9.59 Å². The zero-order chi connectivity index (χ0) is 18.7. The van der Waals surface area contributed by atoms with Crippen molar-refractivity contribution in [2.45, 2.75) is 12.8 Å². The molecule has 0 bridgehead atoms. The van der Waals surface area contributed by atoms with Crippen molar-refractivity contribution in [3.63, 3.8) is 0 Å². The molecule has 0 aliphatic heterocycles. The zero-order valence-corrected chi connectivity index (χ0v) is 15.3. The molecule has 4 nitrogen and oxygen atoms in total. The summed E-state index contributed by atoms with van der Waals surface area (Å²) in [6, 6.07) is 11.4. The molecule has 1 fully saturated rings. The summed E-state index contributed by atoms with van der Waals surface area (Å²) in [5, 5.41) is 6.12. The van der Waals surface area contributed by atoms with Gasteiger partial charge in [-0.1, -0.05) is 35.3 Å². The van der Waals surface area contributed by atoms with Crippen LogP contribution >= 0.6 is 23.2 Å². The number of anilines is 1. The van der Waals surface area contributed by atoms with Gasteiger partial charge in [-0.05, 0) is 48.7 Å². The van der Waals surface area contributed by atoms with E-state index in [2.05, 4.69) is 10.6 Å². The Labute approximate surface area is 160 Å². The molecule has 0 saturated heterocycles. The fourth-order valence-corrected chi connectivity index (χ4v) is 3.00. The summed E-state index contributed by atoms with van der Waals surface area (Å²) in [6.07, 6.45) is 1.20. The van der Waals surface area contributed by atoms with E-state index in [1.165, 1.54) is 18.2 Å². The zero-order valence-electron chi connectivity index (χ0n) is 13.8. The van der Waals surface area contributed by atoms with Crippen molar-refractivity contribution in [3.05, 3.63) is 63.9 Å². The quantitative estimate of drug-likeness (QED) is 0.775. The number of halogens is 3. The van der Waals surface area contributed by atoms with Gasteiger partial charge in [0.15, 0.2) is 0 Å². The van der Waals surface area contributed by atoms with Crippen LogP contribution < -0.4 is 10.6 Å². The maximum Gasteiger partial charge on any atom is 0.228 e. The first kappa shape index (κ1) is 18.7. The number of nitrogens with one attached hydrogen (secondary N) is 2. The van der Waals surface area contributed by atoms with Gasteiger partial charge in [-0.2, -0.15) is 0 Å². The average Bonchev–Trinajstić information content (AvgIpc) is 3.41. The van der Waals surface area contributed by atoms with Crippen LogP contribution in [-0.2, 0) is 16.0 Å². The SMILES string of the molecule is O=C(NCCc1ccc(Cl)cc1)C1CC1C(=O)Nc1ccc(F)c(Cl)c1. The van der Waals surface area contributed by atoms with E-state index in [1.54, 1.807) is 0 Å². The molecule has 1 saturated carbocycles. The predicted octanol–water partition coefficient (Wildman–Crippen LogP) is 4.07. The van der Waals surface area contributed by atoms with Crippen molar-refractivity contribution in [1.82, 2.24) is 5.32 Å². The van der Waals surface area contributed by atoms with E-state index in [0.717, 1.165) is 5.56 Å². The highest BCUT2D eigenvalue weighted by Crippen LogP contribution is 2.39. The highest BCUT2D eigenvalue weighted by molar-refractivity contribution is 6.31. The largest absolute Gasteiger partial charge is 0.356 e. The highest BCUT2D eigenvalue weighted by Gasteiger charge is 2.47. The van der Waals surface area contributed by atoms with Crippen LogP contribution in [0.1, 0.15) is 12.0 Å². The van der Waals surface area contributed by atoms with E-state index < -0.39 is 5.82 Å². The van der Waals surface area contributed by atoms with E-state index in [4.69, 9.17) is 23.2 Å². The average molecular weight is 395 g/mol. The van der Waals surface area contributed by atoms with Gasteiger partial charge < -0.3 is 10.6 Å². The van der Waals surface area contributed by atoms with E-state index in [0.29, 0.717) is 30.1 Å². The van der Waals surface area contributed by atoms with E-state index in [1.807, 2.05) is 24.3 Å². The number of hydrogen-bond donors (Lipinski definition) is 2. The Bertz CT molecular complexity index is 827. The molecule has 2 N–H and O–H groups in total. The predicted molar refractivity (Wildman–Crippen MR) is 99.8 cm³/mol. The molecule has 3 rings (SSSR count). The molecule has 2 aromatic carbocycles. The van der Waals surface area contributed by atoms with E-state index in [-0.39, 0.29) is 28.7 Å². The smallest absolute Gasteiger partial charge is 0.228 e. The number of rotatable bonds is 6. The van der Waals surface area contributed by atoms with E-state index in [9.17, 15) is 14.0 Å². The Kier molecular flexibility index (Phi) is 5.79. The van der Waals surface area contributed by atoms with Crippen molar-refractivity contribution in [3.8, 4) is 0 Å². The summed E-state index contributed by atoms with van der Waals surface area (Å²) >= 11 is 11.5. The van der Waals surface area contributed by atoms with Gasteiger partial charge in [-0.15, -0.1) is 0 Å². The second-order valence-electron chi connectivity index (χ2n) is 6.23. The second-order valence-corrected chi connectivity index (χ2v) is 7.08. The molecule has 2 atom stereocenters. The highest BCUT2D eigenvalue weighted by atomic mass is 35.5. The molecular weight excluding hydrogens is 378 g/mol. The number of amides is 2. The van der Waals surface area contributed by atoms with Gasteiger partial charge in [0, 0.05) is 17.3 Å². The van der Waals surface area contributed by atoms with Gasteiger partial charge >= 0.3 is 0 Å². The lowest BCUT2D eigenvalue weighted by Gasteiger charge is -2.07. The first-order chi connectivity index (χ1) is 12.4. The van der Waals surface area contributed by atoms with Crippen LogP contribution in [0, 0.1) is 17.7 Å². The molecule has 2 unspecified atom stereocenters. The first-order valence-corrected chi connectivity index (χ1v) is 8.97. The third kappa shape index (κ3) is 4.74. The lowest BCUT2D eigenvalue weighted by atomic mass is 10.1. The lowest BCUT2D eigenvalue weighted by Crippen LogP contribution is -2.29. The Morgan fingerprint density at radius 3 is 2.42 bits per heavy atom. The molecule has 0 radical (unpaired) electrons. The summed E-state index contributed by atoms with van der Waals surface area (Å²) in [6.45, 7) is 0.499. The molecule has 2 amide bonds. The van der Waals surface area contributed by atoms with Crippen LogP contribution in [0.2, 0.25) is 10.0 Å². The number of hydrogen-bond acceptors (Lipinski definition) is 2. The molecule has 0 aromatic heterocycles. The minimum Gasteiger partial charge on any atom is -0.356 e. The Morgan fingerprint density at radius 1 is 1.04 bits per heavy atom. The topological polar surface area (TPSA) is 58.2 Å². The monoisotopic (exact) mass is 394 g/mol. The van der Waals surface area contributed by atoms with Gasteiger partial charge in [0.2, 0.25) is 11.8 Å². The van der Waals surface area contributed by atoms with Crippen molar-refractivity contribution in [2.24, 2.45) is 11.8 Å². The standard InChI is InChI=1S/C19H17Cl2FN2O2/c20-12-3-1-11(2-4-12)7-8-23-18(25)14-10-15(14)19(26)24-13-5-6-17(22)16(21)9-13/h1-6,9,14-15H,7-8,10H2,(H,23,25)(H,24,26). The Morgan fingerprint density at radius 2 is 1.73 bits per heavy atom. The molecule has 136 valence electrons. The van der Waals surface area contributed by atoms with Crippen LogP contribution in [0.4, 0.5) is 10.1 Å². The van der Waals surface area contributed by atoms with Crippen molar-refractivity contribution < 1.29 is 14.0 Å². The summed E-state index contributed by atoms with van der Waals surface area (Å²) in [7, 11) is 0. The van der Waals surface area contributed by atoms with Crippen LogP contribution in [-0.4, -0.2) is 18.4 Å². The van der Waals surface area contributed by atoms with Crippen LogP contribution in [0.25, 0.3) is 0 Å². The minimum atomic E-state index is -0.547. The van der Waals surface area contributed by atoms with Crippen molar-refractivity contribution >= 4 is 40.7 Å². The minimum absolute atomic E-state index is 0.0601. The molecule has 1 aliphatic carbocycles. The lowest BCUT2D eigenvalue weighted by molar-refractivity contribution is -0.125. The molecule has 7 heteroatoms. The fourth-order valence-electron chi connectivity index (χ4n) is 2.70. The molecular formula is C19H17Cl2FN2O2. The van der Waals surface area contributed by atoms with Gasteiger partial charge in [0.1, 0.15) is 5.82 Å². The summed E-state index contributed by atoms with van der Waals surface area (Å²) < 4.78 is 13.1. The number of carbonyl (C=O) groups excluding carboxylic acids is 2. The molecule has 0 heterocycles. The maximum atomic E-state index is 13.1. The van der Waals surface area contributed by atoms with Crippen LogP contribution in [0.3, 0.4) is 0 Å². The molecule has 2 aromatic rings. The van der Waals surface area contributed by atoms with Crippen molar-refractivity contribution in [2.75, 3.05) is 11.9 Å². The first-order valence-electron chi connectivity index (χ1n) is 8.22. The molecule has 26 heavy (non-hydrogen) atoms. The molecule has 0 spiro atoms. The van der Waals surface area contributed by atoms with Gasteiger partial charge in [-0.25, -0.2) is 4.39 Å². The third-order valence-electron chi connectivity index (χ3n) is 4.28. The Hall–Kier alpha value is -2.11. The van der Waals surface area contributed by atoms with E-state index >= 15 is 0 Å². The summed E-state index contributed by atoms with van der Waals surface area (Å²) in [4.78, 5) is 24.3. The normalized spacial score (nSPS) is 18.3. The van der Waals surface area contributed by atoms with Gasteiger partial charge in [0.25, 0.3) is 0 Å². The summed E-state index contributed by atoms with van der Waals surface area (Å²) in [5.74, 6) is -1.62. The number of carbonyl (C=O) groups is 2.